The monoisotopic (exact) mass is 1280 g/mol. The van der Waals surface area contributed by atoms with Gasteiger partial charge in [-0.25, -0.2) is 21.6 Å². The van der Waals surface area contributed by atoms with Crippen LogP contribution in [0.4, 0.5) is 38.9 Å². The third-order valence-electron chi connectivity index (χ3n) is 11.7. The average Bonchev–Trinajstić information content (AvgIpc) is 1.56. The van der Waals surface area contributed by atoms with Gasteiger partial charge in [0.1, 0.15) is 25.1 Å². The third-order valence-corrected chi connectivity index (χ3v) is 15.9. The number of carbonyl (C=O) groups excluding carboxylic acids is 5. The maximum absolute atomic E-state index is 13.3. The van der Waals surface area contributed by atoms with Gasteiger partial charge in [0.15, 0.2) is 4.90 Å². The first-order valence-electron chi connectivity index (χ1n) is 22.4. The van der Waals surface area contributed by atoms with Crippen LogP contribution in [0.2, 0.25) is 0 Å². The van der Waals surface area contributed by atoms with Gasteiger partial charge in [0.25, 0.3) is 23.6 Å². The second-order valence-electron chi connectivity index (χ2n) is 17.1. The van der Waals surface area contributed by atoms with Crippen molar-refractivity contribution in [2.45, 2.75) is 31.4 Å². The van der Waals surface area contributed by atoms with Gasteiger partial charge in [-0.3, -0.25) is 23.4 Å². The Kier molecular flexibility index (Phi) is 24.6. The number of benzene rings is 8. The molecule has 84 heavy (non-hydrogen) atoms. The molecule has 8 aromatic carbocycles. The van der Waals surface area contributed by atoms with Gasteiger partial charge < -0.3 is 54.7 Å². The number of nitrogens with one attached hydrogen (secondary N) is 6. The van der Waals surface area contributed by atoms with Crippen LogP contribution in [-0.2, 0) is 51.6 Å². The minimum atomic E-state index is -5.52. The molecule has 8 rings (SSSR count). The fraction of sp³-hybridized carbons (Fsp3) is 0.0200. The smallest absolute Gasteiger partial charge is 0.768 e. The zero-order valence-electron chi connectivity index (χ0n) is 44.3. The van der Waals surface area contributed by atoms with Crippen molar-refractivity contribution >= 4 is 137 Å². The molecule has 0 radical (unpaired) electrons. The molecular formula is C50H37N6Na4O19S5+3. The Labute approximate surface area is 569 Å². The summed E-state index contributed by atoms with van der Waals surface area (Å²) in [4.78, 5) is 61.5. The zero-order valence-corrected chi connectivity index (χ0v) is 56.4. The van der Waals surface area contributed by atoms with Gasteiger partial charge in [-0.05, 0) is 169 Å². The molecule has 0 aliphatic rings. The number of rotatable bonds is 15. The molecule has 1 unspecified atom stereocenters. The van der Waals surface area contributed by atoms with Crippen molar-refractivity contribution < 1.29 is 203 Å². The Bertz CT molecular complexity index is 4440. The van der Waals surface area contributed by atoms with E-state index in [4.69, 9.17) is 9.11 Å². The van der Waals surface area contributed by atoms with Crippen LogP contribution in [0.5, 0.6) is 0 Å². The summed E-state index contributed by atoms with van der Waals surface area (Å²) in [5, 5.41) is 14.0. The van der Waals surface area contributed by atoms with Gasteiger partial charge >= 0.3 is 144 Å². The Hall–Kier alpha value is -4.82. The topological polar surface area (TPSA) is 426 Å². The predicted molar refractivity (Wildman–Crippen MR) is 288 cm³/mol. The second-order valence-corrected chi connectivity index (χ2v) is 23.6. The van der Waals surface area contributed by atoms with Crippen molar-refractivity contribution in [1.82, 2.24) is 0 Å². The van der Waals surface area contributed by atoms with E-state index in [0.717, 1.165) is 24.3 Å². The number of hydrogen-bond donors (Lipinski definition) is 6. The molecule has 0 saturated carbocycles. The van der Waals surface area contributed by atoms with Crippen LogP contribution in [0.1, 0.15) is 47.0 Å². The summed E-state index contributed by atoms with van der Waals surface area (Å²) in [7, 11) is -20.0. The molecule has 0 fully saturated rings. The van der Waals surface area contributed by atoms with E-state index in [1.165, 1.54) is 110 Å². The molecule has 0 heterocycles. The van der Waals surface area contributed by atoms with E-state index >= 15 is 0 Å². The summed E-state index contributed by atoms with van der Waals surface area (Å²) in [5.74, 6) is -2.72. The van der Waals surface area contributed by atoms with E-state index < -0.39 is 122 Å². The van der Waals surface area contributed by atoms with Gasteiger partial charge in [0.05, 0.1) is 15.5 Å². The number of carbonyl (C=O) groups is 5. The van der Waals surface area contributed by atoms with Crippen molar-refractivity contribution in [2.75, 3.05) is 31.9 Å². The normalized spacial score (nSPS) is 11.7. The number of fused-ring (bicyclic) bond motifs is 2. The molecule has 0 aromatic heterocycles. The molecular weight excluding hydrogens is 1240 g/mol. The quantitative estimate of drug-likeness (QED) is 0.0240. The molecule has 412 valence electrons. The maximum Gasteiger partial charge on any atom is 1.00 e. The van der Waals surface area contributed by atoms with Crippen molar-refractivity contribution in [2.24, 2.45) is 0 Å². The standard InChI is InChI=1S/C50H38N6O19S5.4Na/c1-26-22-36(77(64,65)66)25-38-42(79(70,71)72)20-18-39(44(26)38)55-48(59)29-2-10-31(11-3-29)51-46(57)27-6-14-33(15-7-27)53-50(61)54-34-16-8-28(9-17-34)47(58)52-32-12-4-30(5-13-32)49(60)56-40-19-21-41(78(67,68)69)37-23-35(76(62)63)24-43(45(37)40)80(73,74)75;;;;/h2-25H,1H3,(H,51,57)(H,52,58)(H,55,59)(H,56,60)(H,62,63)(H2,53,54,61)(H,64,65,66)(H,67,68,69)(H,70,71,72)(H,73,74,75);;;;/q;4*+1/p-1. The number of urea groups is 1. The number of aryl methyl sites for hydroxylation is 1. The Balaban J connectivity index is 0.00000378. The molecule has 6 amide bonds. The molecule has 0 aliphatic carbocycles. The SMILES string of the molecule is Cc1cc(S(=O)(=O)[OH2+])cc2c(S(=O)(=O)[OH2+])ccc(NC(=O)c3ccc(NC(=O)c4ccc(NC(=O)Nc5ccc(C(=O)Nc6ccc(C(=O)Nc7ccc(S(=O)(=O)[O-])c8cc(S(=O)[O-])cc(S(=O)(=O)[O-])c78)cc6)cc5)cc4)cc3)c12.[Na+].[Na+].[Na+].[Na+]. The molecule has 25 nitrogen and oxygen atoms in total. The zero-order chi connectivity index (χ0) is 58.2. The first-order chi connectivity index (χ1) is 37.4. The van der Waals surface area contributed by atoms with Crippen LogP contribution < -0.4 is 150 Å². The minimum Gasteiger partial charge on any atom is -0.768 e. The first kappa shape index (κ1) is 71.7. The Morgan fingerprint density at radius 3 is 1.12 bits per heavy atom. The van der Waals surface area contributed by atoms with Crippen molar-refractivity contribution in [3.8, 4) is 0 Å². The van der Waals surface area contributed by atoms with Crippen molar-refractivity contribution in [3.63, 3.8) is 0 Å². The molecule has 0 aliphatic heterocycles. The van der Waals surface area contributed by atoms with Crippen LogP contribution in [0.3, 0.4) is 0 Å². The van der Waals surface area contributed by atoms with Gasteiger partial charge in [0.2, 0.25) is 0 Å². The Morgan fingerprint density at radius 2 is 0.762 bits per heavy atom. The van der Waals surface area contributed by atoms with Gasteiger partial charge in [-0.2, -0.15) is 0 Å². The predicted octanol–water partition coefficient (Wildman–Crippen LogP) is -7.16. The van der Waals surface area contributed by atoms with Gasteiger partial charge in [-0.15, -0.1) is 16.8 Å². The number of anilines is 6. The minimum absolute atomic E-state index is 0. The maximum atomic E-state index is 13.3. The largest absolute Gasteiger partial charge is 1.00 e. The van der Waals surface area contributed by atoms with E-state index in [1.54, 1.807) is 0 Å². The average molecular weight is 1280 g/mol. The summed E-state index contributed by atoms with van der Waals surface area (Å²) in [6, 6.07) is 28.8. The van der Waals surface area contributed by atoms with Crippen LogP contribution in [0, 0.1) is 6.92 Å². The summed E-state index contributed by atoms with van der Waals surface area (Å²) < 4.78 is 159. The Morgan fingerprint density at radius 1 is 0.417 bits per heavy atom. The summed E-state index contributed by atoms with van der Waals surface area (Å²) in [6.07, 6.45) is 0. The number of amides is 6. The van der Waals surface area contributed by atoms with E-state index in [0.29, 0.717) is 29.6 Å². The first-order valence-corrected chi connectivity index (χ1v) is 29.2. The van der Waals surface area contributed by atoms with Crippen LogP contribution in [0.25, 0.3) is 21.5 Å². The van der Waals surface area contributed by atoms with E-state index in [-0.39, 0.29) is 174 Å². The fourth-order valence-electron chi connectivity index (χ4n) is 8.05. The van der Waals surface area contributed by atoms with E-state index in [2.05, 4.69) is 31.9 Å². The summed E-state index contributed by atoms with van der Waals surface area (Å²) in [6.45, 7) is 1.46. The summed E-state index contributed by atoms with van der Waals surface area (Å²) in [5.41, 5.74) is 1.34. The molecule has 0 spiro atoms. The van der Waals surface area contributed by atoms with Crippen molar-refractivity contribution in [3.05, 3.63) is 173 Å². The fourth-order valence-corrected chi connectivity index (χ4v) is 11.3. The van der Waals surface area contributed by atoms with Gasteiger partial charge in [0, 0.05) is 77.1 Å². The van der Waals surface area contributed by atoms with E-state index in [1.807, 2.05) is 0 Å². The second kappa shape index (κ2) is 28.8. The van der Waals surface area contributed by atoms with Crippen molar-refractivity contribution in [1.29, 1.82) is 0 Å². The summed E-state index contributed by atoms with van der Waals surface area (Å²) >= 11 is -3.17. The van der Waals surface area contributed by atoms with Gasteiger partial charge in [-0.1, -0.05) is 0 Å². The molecule has 0 saturated heterocycles. The van der Waals surface area contributed by atoms with E-state index in [9.17, 15) is 75.5 Å². The van der Waals surface area contributed by atoms with Crippen LogP contribution in [0.15, 0.2) is 170 Å². The third kappa shape index (κ3) is 17.2. The molecule has 8 aromatic rings. The molecule has 34 heteroatoms. The molecule has 10 N–H and O–H groups in total. The number of hydrogen-bond acceptors (Lipinski definition) is 17. The molecule has 0 bridgehead atoms. The van der Waals surface area contributed by atoms with Crippen LogP contribution >= 0.6 is 0 Å². The molecule has 1 atom stereocenters. The van der Waals surface area contributed by atoms with Crippen LogP contribution in [-0.4, -0.2) is 90.3 Å².